The minimum Gasteiger partial charge on any atom is -0.390 e. The van der Waals surface area contributed by atoms with Crippen molar-refractivity contribution in [1.82, 2.24) is 4.57 Å². The van der Waals surface area contributed by atoms with Crippen LogP contribution in [-0.4, -0.2) is 9.67 Å². The van der Waals surface area contributed by atoms with Gasteiger partial charge in [0, 0.05) is 22.0 Å². The highest BCUT2D eigenvalue weighted by atomic mass is 79.9. The first-order valence-electron chi connectivity index (χ1n) is 8.14. The van der Waals surface area contributed by atoms with Gasteiger partial charge in [-0.05, 0) is 47.2 Å². The van der Waals surface area contributed by atoms with Crippen LogP contribution in [0.4, 0.5) is 4.39 Å². The van der Waals surface area contributed by atoms with Gasteiger partial charge in [-0.2, -0.15) is 0 Å². The van der Waals surface area contributed by atoms with Crippen molar-refractivity contribution in [2.45, 2.75) is 27.0 Å². The van der Waals surface area contributed by atoms with Crippen molar-refractivity contribution in [2.24, 2.45) is 5.92 Å². The largest absolute Gasteiger partial charge is 0.390 e. The van der Waals surface area contributed by atoms with Crippen LogP contribution in [0.2, 0.25) is 0 Å². The van der Waals surface area contributed by atoms with Gasteiger partial charge >= 0.3 is 0 Å². The molecule has 0 atom stereocenters. The Morgan fingerprint density at radius 3 is 2.40 bits per heavy atom. The van der Waals surface area contributed by atoms with E-state index in [1.165, 1.54) is 12.1 Å². The first-order valence-corrected chi connectivity index (χ1v) is 8.93. The van der Waals surface area contributed by atoms with Gasteiger partial charge in [0.15, 0.2) is 0 Å². The van der Waals surface area contributed by atoms with Gasteiger partial charge in [0.25, 0.3) is 5.56 Å². The van der Waals surface area contributed by atoms with E-state index in [1.54, 1.807) is 22.8 Å². The van der Waals surface area contributed by atoms with E-state index in [0.29, 0.717) is 17.6 Å². The quantitative estimate of drug-likeness (QED) is 0.684. The van der Waals surface area contributed by atoms with Crippen molar-refractivity contribution < 1.29 is 9.50 Å². The fourth-order valence-electron chi connectivity index (χ4n) is 3.13. The molecule has 3 nitrogen and oxygen atoms in total. The molecule has 0 amide bonds. The Kier molecular flexibility index (Phi) is 5.06. The molecule has 1 aromatic heterocycles. The fraction of sp³-hybridized carbons (Fsp3) is 0.250. The molecule has 1 heterocycles. The lowest BCUT2D eigenvalue weighted by Gasteiger charge is -2.20. The van der Waals surface area contributed by atoms with E-state index in [1.807, 2.05) is 26.0 Å². The summed E-state index contributed by atoms with van der Waals surface area (Å²) in [5.41, 5.74) is 1.96. The first kappa shape index (κ1) is 17.8. The van der Waals surface area contributed by atoms with Gasteiger partial charge in [-0.25, -0.2) is 4.39 Å². The minimum absolute atomic E-state index is 0.119. The minimum atomic E-state index is -0.324. The number of benzene rings is 2. The predicted molar refractivity (Wildman–Crippen MR) is 102 cm³/mol. The number of fused-ring (bicyclic) bond motifs is 1. The third-order valence-electron chi connectivity index (χ3n) is 4.17. The maximum atomic E-state index is 13.4. The summed E-state index contributed by atoms with van der Waals surface area (Å²) in [6.45, 7) is 4.29. The predicted octanol–water partition coefficient (Wildman–Crippen LogP) is 4.72. The summed E-state index contributed by atoms with van der Waals surface area (Å²) < 4.78 is 15.8. The fourth-order valence-corrected chi connectivity index (χ4v) is 3.49. The maximum Gasteiger partial charge on any atom is 0.258 e. The molecule has 0 aliphatic carbocycles. The number of aromatic nitrogens is 1. The van der Waals surface area contributed by atoms with Crippen LogP contribution in [0.15, 0.2) is 51.7 Å². The van der Waals surface area contributed by atoms with Crippen molar-refractivity contribution in [2.75, 3.05) is 0 Å². The third-order valence-corrected chi connectivity index (χ3v) is 4.66. The van der Waals surface area contributed by atoms with Crippen molar-refractivity contribution in [3.8, 4) is 11.1 Å². The lowest BCUT2D eigenvalue weighted by Crippen LogP contribution is -2.27. The Morgan fingerprint density at radius 1 is 1.12 bits per heavy atom. The second-order valence-electron chi connectivity index (χ2n) is 6.49. The number of pyridine rings is 1. The van der Waals surface area contributed by atoms with Gasteiger partial charge in [-0.15, -0.1) is 0 Å². The standard InChI is InChI=1S/C20H19BrFNO2/c1-12(2)10-23-18(11-24)19(13-3-6-15(22)7-4-13)17-9-14(21)5-8-16(17)20(23)25/h3-9,12,24H,10-11H2,1-2H3. The highest BCUT2D eigenvalue weighted by Gasteiger charge is 2.18. The molecule has 0 spiro atoms. The molecule has 3 rings (SSSR count). The Morgan fingerprint density at radius 2 is 1.80 bits per heavy atom. The summed E-state index contributed by atoms with van der Waals surface area (Å²) >= 11 is 3.45. The third kappa shape index (κ3) is 3.39. The molecule has 0 saturated heterocycles. The molecule has 1 N–H and O–H groups in total. The molecule has 25 heavy (non-hydrogen) atoms. The van der Waals surface area contributed by atoms with Crippen LogP contribution in [0.1, 0.15) is 19.5 Å². The van der Waals surface area contributed by atoms with Crippen LogP contribution >= 0.6 is 15.9 Å². The molecule has 0 saturated carbocycles. The van der Waals surface area contributed by atoms with Crippen LogP contribution in [0.3, 0.4) is 0 Å². The molecule has 0 radical (unpaired) electrons. The summed E-state index contributed by atoms with van der Waals surface area (Å²) in [6, 6.07) is 11.6. The molecule has 0 unspecified atom stereocenters. The number of aliphatic hydroxyl groups is 1. The van der Waals surface area contributed by atoms with Gasteiger partial charge in [0.1, 0.15) is 5.82 Å². The molecule has 5 heteroatoms. The van der Waals surface area contributed by atoms with E-state index < -0.39 is 0 Å². The van der Waals surface area contributed by atoms with Crippen molar-refractivity contribution in [3.05, 3.63) is 68.8 Å². The number of rotatable bonds is 4. The van der Waals surface area contributed by atoms with Crippen molar-refractivity contribution in [1.29, 1.82) is 0 Å². The SMILES string of the molecule is CC(C)Cn1c(CO)c(-c2ccc(F)cc2)c2cc(Br)ccc2c1=O. The Labute approximate surface area is 153 Å². The molecule has 130 valence electrons. The molecule has 0 aliphatic heterocycles. The zero-order chi connectivity index (χ0) is 18.1. The van der Waals surface area contributed by atoms with Crippen LogP contribution in [0, 0.1) is 11.7 Å². The van der Waals surface area contributed by atoms with Crippen LogP contribution < -0.4 is 5.56 Å². The molecule has 3 aromatic rings. The summed E-state index contributed by atoms with van der Waals surface area (Å²) in [4.78, 5) is 13.0. The molecular weight excluding hydrogens is 385 g/mol. The van der Waals surface area contributed by atoms with E-state index in [0.717, 1.165) is 21.0 Å². The Bertz CT molecular complexity index is 978. The molecule has 2 aromatic carbocycles. The number of hydrogen-bond donors (Lipinski definition) is 1. The second kappa shape index (κ2) is 7.10. The second-order valence-corrected chi connectivity index (χ2v) is 7.40. The molecular formula is C20H19BrFNO2. The van der Waals surface area contributed by atoms with E-state index in [4.69, 9.17) is 0 Å². The highest BCUT2D eigenvalue weighted by molar-refractivity contribution is 9.10. The summed E-state index contributed by atoms with van der Waals surface area (Å²) in [6.07, 6.45) is 0. The van der Waals surface area contributed by atoms with Crippen LogP contribution in [0.5, 0.6) is 0 Å². The van der Waals surface area contributed by atoms with Gasteiger partial charge in [-0.3, -0.25) is 4.79 Å². The summed E-state index contributed by atoms with van der Waals surface area (Å²) in [7, 11) is 0. The number of halogens is 2. The smallest absolute Gasteiger partial charge is 0.258 e. The average Bonchev–Trinajstić information content (AvgIpc) is 2.57. The maximum absolute atomic E-state index is 13.4. The van der Waals surface area contributed by atoms with Crippen molar-refractivity contribution >= 4 is 26.7 Å². The first-order chi connectivity index (χ1) is 11.9. The van der Waals surface area contributed by atoms with Crippen LogP contribution in [-0.2, 0) is 13.2 Å². The zero-order valence-corrected chi connectivity index (χ0v) is 15.7. The van der Waals surface area contributed by atoms with Crippen LogP contribution in [0.25, 0.3) is 21.9 Å². The number of nitrogens with zero attached hydrogens (tertiary/aromatic N) is 1. The van der Waals surface area contributed by atoms with E-state index in [2.05, 4.69) is 15.9 Å². The number of aliphatic hydroxyl groups excluding tert-OH is 1. The topological polar surface area (TPSA) is 42.2 Å². The molecule has 0 aliphatic rings. The molecule has 0 fully saturated rings. The van der Waals surface area contributed by atoms with Gasteiger partial charge < -0.3 is 9.67 Å². The monoisotopic (exact) mass is 403 g/mol. The number of hydrogen-bond acceptors (Lipinski definition) is 2. The van der Waals surface area contributed by atoms with E-state index in [-0.39, 0.29) is 23.9 Å². The average molecular weight is 404 g/mol. The zero-order valence-electron chi connectivity index (χ0n) is 14.1. The van der Waals surface area contributed by atoms with Crippen molar-refractivity contribution in [3.63, 3.8) is 0 Å². The summed E-state index contributed by atoms with van der Waals surface area (Å²) in [5, 5.41) is 11.4. The lowest BCUT2D eigenvalue weighted by molar-refractivity contribution is 0.267. The van der Waals surface area contributed by atoms with Gasteiger partial charge in [0.05, 0.1) is 12.3 Å². The van der Waals surface area contributed by atoms with E-state index in [9.17, 15) is 14.3 Å². The Hall–Kier alpha value is -1.98. The Balaban J connectivity index is 2.46. The lowest BCUT2D eigenvalue weighted by atomic mass is 9.96. The normalized spacial score (nSPS) is 11.4. The highest BCUT2D eigenvalue weighted by Crippen LogP contribution is 2.33. The van der Waals surface area contributed by atoms with Gasteiger partial charge in [0.2, 0.25) is 0 Å². The van der Waals surface area contributed by atoms with Gasteiger partial charge in [-0.1, -0.05) is 41.9 Å². The summed E-state index contributed by atoms with van der Waals surface area (Å²) in [5.74, 6) is -0.0766. The van der Waals surface area contributed by atoms with E-state index >= 15 is 0 Å². The molecule has 0 bridgehead atoms.